The lowest BCUT2D eigenvalue weighted by Gasteiger charge is -2.20. The minimum absolute atomic E-state index is 0.0532. The third kappa shape index (κ3) is 67.7. The Morgan fingerprint density at radius 3 is 0.688 bits per heavy atom. The van der Waals surface area contributed by atoms with E-state index in [1.54, 1.807) is 6.08 Å². The number of aliphatic hydroxyl groups excluding tert-OH is 2. The molecule has 4 heteroatoms. The van der Waals surface area contributed by atoms with Crippen molar-refractivity contribution >= 4 is 5.91 Å². The van der Waals surface area contributed by atoms with E-state index in [2.05, 4.69) is 31.3 Å². The molecule has 2 unspecified atom stereocenters. The van der Waals surface area contributed by atoms with E-state index < -0.39 is 12.1 Å². The Morgan fingerprint density at radius 1 is 0.287 bits per heavy atom. The van der Waals surface area contributed by atoms with E-state index in [1.807, 2.05) is 6.08 Å². The van der Waals surface area contributed by atoms with E-state index in [-0.39, 0.29) is 12.5 Å². The monoisotopic (exact) mass is 1120 g/mol. The first kappa shape index (κ1) is 78.9. The number of allylic oxidation sites excluding steroid dienone is 3. The van der Waals surface area contributed by atoms with Crippen LogP contribution in [0.4, 0.5) is 0 Å². The van der Waals surface area contributed by atoms with Gasteiger partial charge in [0.05, 0.1) is 18.8 Å². The Morgan fingerprint density at radius 2 is 0.475 bits per heavy atom. The topological polar surface area (TPSA) is 69.6 Å². The summed E-state index contributed by atoms with van der Waals surface area (Å²) in [5.41, 5.74) is 0. The van der Waals surface area contributed by atoms with Crippen molar-refractivity contribution in [3.05, 3.63) is 24.3 Å². The van der Waals surface area contributed by atoms with Crippen molar-refractivity contribution in [1.82, 2.24) is 5.32 Å². The number of carbonyl (C=O) groups is 1. The molecule has 0 saturated heterocycles. The molecule has 0 bridgehead atoms. The molecule has 0 aliphatic carbocycles. The molecule has 0 aliphatic rings. The average Bonchev–Trinajstić information content (AvgIpc) is 3.46. The highest BCUT2D eigenvalue weighted by Gasteiger charge is 2.18. The molecule has 0 rings (SSSR count). The predicted octanol–water partition coefficient (Wildman–Crippen LogP) is 25.7. The molecule has 0 radical (unpaired) electrons. The number of amides is 1. The van der Waals surface area contributed by atoms with E-state index in [4.69, 9.17) is 0 Å². The molecule has 0 aromatic heterocycles. The van der Waals surface area contributed by atoms with Crippen molar-refractivity contribution in [2.24, 2.45) is 0 Å². The van der Waals surface area contributed by atoms with Gasteiger partial charge in [0.15, 0.2) is 0 Å². The van der Waals surface area contributed by atoms with Crippen molar-refractivity contribution in [2.75, 3.05) is 6.61 Å². The van der Waals surface area contributed by atoms with Gasteiger partial charge in [-0.2, -0.15) is 0 Å². The first-order valence-corrected chi connectivity index (χ1v) is 37.6. The maximum atomic E-state index is 12.6. The van der Waals surface area contributed by atoms with Crippen LogP contribution in [0.3, 0.4) is 0 Å². The van der Waals surface area contributed by atoms with Crippen LogP contribution >= 0.6 is 0 Å². The summed E-state index contributed by atoms with van der Waals surface area (Å²) in [4.78, 5) is 12.6. The SMILES string of the molecule is CCCCCCCCCC/C=C\CCCCCCCCCCCCCCCCCCCCCCCCCCCCCCCC(=O)NC(CO)C(O)/C=C/CCCCCCCCCCCCCCCCCCCCCCCCCCC. The molecule has 0 aromatic rings. The van der Waals surface area contributed by atoms with Gasteiger partial charge < -0.3 is 15.5 Å². The maximum absolute atomic E-state index is 12.6. The summed E-state index contributed by atoms with van der Waals surface area (Å²) in [6.45, 7) is 4.36. The summed E-state index contributed by atoms with van der Waals surface area (Å²) in [7, 11) is 0. The van der Waals surface area contributed by atoms with Crippen LogP contribution < -0.4 is 5.32 Å². The maximum Gasteiger partial charge on any atom is 0.220 e. The molecular formula is C76H149NO3. The molecule has 0 heterocycles. The average molecular weight is 1130 g/mol. The molecule has 1 amide bonds. The van der Waals surface area contributed by atoms with Crippen LogP contribution in [0.25, 0.3) is 0 Å². The highest BCUT2D eigenvalue weighted by Crippen LogP contribution is 2.20. The van der Waals surface area contributed by atoms with E-state index in [0.717, 1.165) is 25.7 Å². The van der Waals surface area contributed by atoms with Crippen LogP contribution in [0.1, 0.15) is 438 Å². The fourth-order valence-corrected chi connectivity index (χ4v) is 12.2. The van der Waals surface area contributed by atoms with Crippen LogP contribution in [0.15, 0.2) is 24.3 Å². The summed E-state index contributed by atoms with van der Waals surface area (Å²) in [5.74, 6) is -0.0532. The lowest BCUT2D eigenvalue weighted by molar-refractivity contribution is -0.123. The van der Waals surface area contributed by atoms with Gasteiger partial charge in [-0.3, -0.25) is 4.79 Å². The fourth-order valence-electron chi connectivity index (χ4n) is 12.2. The van der Waals surface area contributed by atoms with Crippen LogP contribution in [-0.2, 0) is 4.79 Å². The number of hydrogen-bond acceptors (Lipinski definition) is 3. The zero-order valence-corrected chi connectivity index (χ0v) is 55.1. The number of aliphatic hydroxyl groups is 2. The number of nitrogens with one attached hydrogen (secondary N) is 1. The third-order valence-electron chi connectivity index (χ3n) is 17.9. The van der Waals surface area contributed by atoms with Crippen LogP contribution in [0.2, 0.25) is 0 Å². The minimum Gasteiger partial charge on any atom is -0.394 e. The van der Waals surface area contributed by atoms with Crippen LogP contribution in [-0.4, -0.2) is 34.9 Å². The fraction of sp³-hybridized carbons (Fsp3) is 0.934. The van der Waals surface area contributed by atoms with Gasteiger partial charge in [0.1, 0.15) is 0 Å². The molecule has 3 N–H and O–H groups in total. The highest BCUT2D eigenvalue weighted by atomic mass is 16.3. The molecule has 80 heavy (non-hydrogen) atoms. The van der Waals surface area contributed by atoms with E-state index in [9.17, 15) is 15.0 Å². The lowest BCUT2D eigenvalue weighted by Crippen LogP contribution is -2.45. The minimum atomic E-state index is -0.838. The van der Waals surface area contributed by atoms with Crippen molar-refractivity contribution in [1.29, 1.82) is 0 Å². The molecule has 0 spiro atoms. The van der Waals surface area contributed by atoms with E-state index >= 15 is 0 Å². The second kappa shape index (κ2) is 72.1. The molecular weight excluding hydrogens is 975 g/mol. The predicted molar refractivity (Wildman–Crippen MR) is 359 cm³/mol. The first-order chi connectivity index (χ1) is 39.7. The standard InChI is InChI=1S/C76H149NO3/c1-3-5-7-9-11-13-15-17-19-21-23-25-27-29-31-32-33-34-35-36-37-38-39-40-41-42-43-44-46-48-50-52-54-56-58-60-62-64-66-68-70-72-76(80)77-74(73-78)75(79)71-69-67-65-63-61-59-57-55-53-51-49-47-45-30-28-26-24-22-20-18-16-14-12-10-8-6-4-2/h21,23,69,71,74-75,78-79H,3-20,22,24-68,70,72-73H2,1-2H3,(H,77,80)/b23-21-,71-69+. The summed E-state index contributed by atoms with van der Waals surface area (Å²) in [5, 5.41) is 23.3. The number of unbranched alkanes of at least 4 members (excludes halogenated alkanes) is 62. The molecule has 4 nitrogen and oxygen atoms in total. The van der Waals surface area contributed by atoms with Gasteiger partial charge in [-0.15, -0.1) is 0 Å². The molecule has 0 aromatic carbocycles. The summed E-state index contributed by atoms with van der Waals surface area (Å²) in [6.07, 6.45) is 98.8. The highest BCUT2D eigenvalue weighted by molar-refractivity contribution is 5.76. The lowest BCUT2D eigenvalue weighted by atomic mass is 10.0. The van der Waals surface area contributed by atoms with Crippen molar-refractivity contribution in [3.8, 4) is 0 Å². The summed E-state index contributed by atoms with van der Waals surface area (Å²) >= 11 is 0. The summed E-state index contributed by atoms with van der Waals surface area (Å²) in [6, 6.07) is -0.621. The van der Waals surface area contributed by atoms with Gasteiger partial charge in [0.2, 0.25) is 5.91 Å². The molecule has 2 atom stereocenters. The van der Waals surface area contributed by atoms with Gasteiger partial charge in [0, 0.05) is 6.42 Å². The van der Waals surface area contributed by atoms with Crippen molar-refractivity contribution in [3.63, 3.8) is 0 Å². The Bertz CT molecular complexity index is 1180. The van der Waals surface area contributed by atoms with Gasteiger partial charge in [0.25, 0.3) is 0 Å². The van der Waals surface area contributed by atoms with Crippen molar-refractivity contribution < 1.29 is 15.0 Å². The summed E-state index contributed by atoms with van der Waals surface area (Å²) < 4.78 is 0. The zero-order chi connectivity index (χ0) is 57.6. The van der Waals surface area contributed by atoms with Gasteiger partial charge in [-0.25, -0.2) is 0 Å². The second-order valence-electron chi connectivity index (χ2n) is 26.1. The Kier molecular flexibility index (Phi) is 71.1. The Balaban J connectivity index is 3.37. The smallest absolute Gasteiger partial charge is 0.220 e. The second-order valence-corrected chi connectivity index (χ2v) is 26.1. The largest absolute Gasteiger partial charge is 0.394 e. The van der Waals surface area contributed by atoms with E-state index in [0.29, 0.717) is 6.42 Å². The Labute approximate surface area is 504 Å². The molecule has 0 aliphatic heterocycles. The number of carbonyl (C=O) groups excluding carboxylic acids is 1. The molecule has 476 valence electrons. The van der Waals surface area contributed by atoms with Gasteiger partial charge in [-0.1, -0.05) is 411 Å². The zero-order valence-electron chi connectivity index (χ0n) is 55.1. The molecule has 0 fully saturated rings. The number of rotatable bonds is 71. The first-order valence-electron chi connectivity index (χ1n) is 37.6. The Hall–Kier alpha value is -1.13. The quantitative estimate of drug-likeness (QED) is 0.0420. The van der Waals surface area contributed by atoms with Gasteiger partial charge >= 0.3 is 0 Å². The normalized spacial score (nSPS) is 12.7. The number of hydrogen-bond donors (Lipinski definition) is 3. The van der Waals surface area contributed by atoms with Gasteiger partial charge in [-0.05, 0) is 44.9 Å². The van der Waals surface area contributed by atoms with Crippen LogP contribution in [0, 0.1) is 0 Å². The van der Waals surface area contributed by atoms with Crippen LogP contribution in [0.5, 0.6) is 0 Å². The van der Waals surface area contributed by atoms with Crippen molar-refractivity contribution in [2.45, 2.75) is 450 Å². The molecule has 0 saturated carbocycles. The van der Waals surface area contributed by atoms with E-state index in [1.165, 1.54) is 392 Å². The third-order valence-corrected chi connectivity index (χ3v) is 17.9.